The molecule has 0 aliphatic carbocycles. The Morgan fingerprint density at radius 3 is 2.06 bits per heavy atom. The van der Waals surface area contributed by atoms with E-state index in [0.717, 1.165) is 11.3 Å². The maximum absolute atomic E-state index is 13.2. The van der Waals surface area contributed by atoms with Gasteiger partial charge in [0.2, 0.25) is 0 Å². The van der Waals surface area contributed by atoms with Crippen molar-refractivity contribution in [1.29, 1.82) is 0 Å². The summed E-state index contributed by atoms with van der Waals surface area (Å²) < 4.78 is 6.80. The van der Waals surface area contributed by atoms with Gasteiger partial charge in [-0.2, -0.15) is 5.10 Å². The summed E-state index contributed by atoms with van der Waals surface area (Å²) in [6.45, 7) is 4.11. The number of hydrogen-bond acceptors (Lipinski definition) is 5. The Balaban J connectivity index is 1.55. The molecule has 3 aromatic rings. The molecule has 7 nitrogen and oxygen atoms in total. The molecule has 0 radical (unpaired) electrons. The summed E-state index contributed by atoms with van der Waals surface area (Å²) >= 11 is 0. The molecule has 1 fully saturated rings. The topological polar surface area (TPSA) is 81.5 Å². The standard InChI is InChI=1S/C26H27N3O4/c1-18-22(19(2)29(27-18)21-12-8-5-9-13-21)23(30)24(31)28-16-14-26(15-17-28,25(32)33-3)20-10-6-4-7-11-20/h4-13H,14-17H2,1-3H3. The second kappa shape index (κ2) is 9.02. The SMILES string of the molecule is COC(=O)C1(c2ccccc2)CCN(C(=O)C(=O)c2c(C)nn(-c3ccccc3)c2C)CC1. The van der Waals surface area contributed by atoms with Gasteiger partial charge in [-0.1, -0.05) is 48.5 Å². The van der Waals surface area contributed by atoms with E-state index in [-0.39, 0.29) is 5.97 Å². The van der Waals surface area contributed by atoms with Gasteiger partial charge < -0.3 is 9.64 Å². The fourth-order valence-electron chi connectivity index (χ4n) is 4.70. The average molecular weight is 446 g/mol. The highest BCUT2D eigenvalue weighted by Crippen LogP contribution is 2.37. The molecule has 1 amide bonds. The number of ketones is 1. The van der Waals surface area contributed by atoms with Gasteiger partial charge in [0.1, 0.15) is 0 Å². The zero-order valence-corrected chi connectivity index (χ0v) is 19.1. The smallest absolute Gasteiger partial charge is 0.316 e. The molecule has 1 aromatic heterocycles. The van der Waals surface area contributed by atoms with Crippen molar-refractivity contribution < 1.29 is 19.1 Å². The van der Waals surface area contributed by atoms with Crippen LogP contribution in [-0.2, 0) is 19.7 Å². The molecule has 1 aliphatic rings. The quantitative estimate of drug-likeness (QED) is 0.342. The Bertz CT molecular complexity index is 1180. The first-order chi connectivity index (χ1) is 15.9. The van der Waals surface area contributed by atoms with Crippen molar-refractivity contribution in [3.63, 3.8) is 0 Å². The highest BCUT2D eigenvalue weighted by atomic mass is 16.5. The van der Waals surface area contributed by atoms with E-state index in [1.54, 1.807) is 18.5 Å². The van der Waals surface area contributed by atoms with E-state index < -0.39 is 17.1 Å². The zero-order valence-electron chi connectivity index (χ0n) is 19.1. The summed E-state index contributed by atoms with van der Waals surface area (Å²) in [4.78, 5) is 40.7. The second-order valence-corrected chi connectivity index (χ2v) is 8.35. The first-order valence-corrected chi connectivity index (χ1v) is 11.0. The van der Waals surface area contributed by atoms with Crippen molar-refractivity contribution in [2.24, 2.45) is 0 Å². The van der Waals surface area contributed by atoms with Gasteiger partial charge in [0.05, 0.1) is 35.2 Å². The number of esters is 1. The first kappa shape index (κ1) is 22.5. The molecule has 1 saturated heterocycles. The summed E-state index contributed by atoms with van der Waals surface area (Å²) in [6, 6.07) is 19.0. The van der Waals surface area contributed by atoms with Gasteiger partial charge in [-0.15, -0.1) is 0 Å². The lowest BCUT2D eigenvalue weighted by molar-refractivity contribution is -0.151. The number of methoxy groups -OCH3 is 1. The van der Waals surface area contributed by atoms with Gasteiger partial charge in [-0.3, -0.25) is 14.4 Å². The second-order valence-electron chi connectivity index (χ2n) is 8.35. The number of benzene rings is 2. The number of nitrogens with zero attached hydrogens (tertiary/aromatic N) is 3. The molecular weight excluding hydrogens is 418 g/mol. The van der Waals surface area contributed by atoms with Crippen LogP contribution in [0.15, 0.2) is 60.7 Å². The van der Waals surface area contributed by atoms with Gasteiger partial charge in [0.25, 0.3) is 11.7 Å². The monoisotopic (exact) mass is 445 g/mol. The van der Waals surface area contributed by atoms with E-state index in [1.807, 2.05) is 60.7 Å². The average Bonchev–Trinajstić information content (AvgIpc) is 3.17. The van der Waals surface area contributed by atoms with Gasteiger partial charge in [0.15, 0.2) is 0 Å². The third-order valence-corrected chi connectivity index (χ3v) is 6.52. The van der Waals surface area contributed by atoms with Crippen LogP contribution in [0.4, 0.5) is 0 Å². The number of amides is 1. The summed E-state index contributed by atoms with van der Waals surface area (Å²) in [5.74, 6) is -1.46. The summed E-state index contributed by atoms with van der Waals surface area (Å²) in [7, 11) is 1.38. The lowest BCUT2D eigenvalue weighted by atomic mass is 9.72. The van der Waals surface area contributed by atoms with Crippen LogP contribution in [0.5, 0.6) is 0 Å². The van der Waals surface area contributed by atoms with Gasteiger partial charge in [0, 0.05) is 13.1 Å². The number of hydrogen-bond donors (Lipinski definition) is 0. The molecule has 0 saturated carbocycles. The maximum atomic E-state index is 13.2. The number of aryl methyl sites for hydroxylation is 1. The van der Waals surface area contributed by atoms with E-state index >= 15 is 0 Å². The predicted molar refractivity (Wildman–Crippen MR) is 123 cm³/mol. The highest BCUT2D eigenvalue weighted by molar-refractivity contribution is 6.43. The van der Waals surface area contributed by atoms with Crippen LogP contribution in [0.25, 0.3) is 5.69 Å². The molecule has 0 atom stereocenters. The minimum absolute atomic E-state index is 0.291. The van der Waals surface area contributed by atoms with Gasteiger partial charge in [-0.05, 0) is 44.4 Å². The number of ether oxygens (including phenoxy) is 1. The molecule has 0 bridgehead atoms. The van der Waals surface area contributed by atoms with Crippen LogP contribution in [0.1, 0.15) is 40.2 Å². The molecule has 7 heteroatoms. The zero-order chi connectivity index (χ0) is 23.6. The molecule has 2 aromatic carbocycles. The van der Waals surface area contributed by atoms with Crippen molar-refractivity contribution >= 4 is 17.7 Å². The van der Waals surface area contributed by atoms with Crippen LogP contribution < -0.4 is 0 Å². The van der Waals surface area contributed by atoms with E-state index in [1.165, 1.54) is 12.0 Å². The maximum Gasteiger partial charge on any atom is 0.316 e. The summed E-state index contributed by atoms with van der Waals surface area (Å²) in [6.07, 6.45) is 0.786. The number of Topliss-reactive ketones (excluding diaryl/α,β-unsaturated/α-hetero) is 1. The normalized spacial score (nSPS) is 15.2. The van der Waals surface area contributed by atoms with Crippen LogP contribution in [0.3, 0.4) is 0 Å². The summed E-state index contributed by atoms with van der Waals surface area (Å²) in [5, 5.41) is 4.49. The number of carbonyl (C=O) groups excluding carboxylic acids is 3. The molecule has 0 spiro atoms. The van der Waals surface area contributed by atoms with E-state index in [0.29, 0.717) is 42.9 Å². The number of piperidine rings is 1. The lowest BCUT2D eigenvalue weighted by Crippen LogP contribution is -2.51. The van der Waals surface area contributed by atoms with Crippen molar-refractivity contribution in [2.75, 3.05) is 20.2 Å². The molecule has 4 rings (SSSR count). The van der Waals surface area contributed by atoms with Crippen molar-refractivity contribution in [3.05, 3.63) is 83.2 Å². The van der Waals surface area contributed by atoms with Crippen molar-refractivity contribution in [3.8, 4) is 5.69 Å². The van der Waals surface area contributed by atoms with Crippen LogP contribution >= 0.6 is 0 Å². The first-order valence-electron chi connectivity index (χ1n) is 11.0. The highest BCUT2D eigenvalue weighted by Gasteiger charge is 2.45. The Morgan fingerprint density at radius 2 is 1.48 bits per heavy atom. The minimum Gasteiger partial charge on any atom is -0.468 e. The van der Waals surface area contributed by atoms with Crippen LogP contribution in [-0.4, -0.2) is 52.5 Å². The Labute approximate surface area is 193 Å². The molecule has 2 heterocycles. The van der Waals surface area contributed by atoms with Crippen LogP contribution in [0, 0.1) is 13.8 Å². The number of aromatic nitrogens is 2. The molecular formula is C26H27N3O4. The Hall–Kier alpha value is -3.74. The van der Waals surface area contributed by atoms with Gasteiger partial charge in [-0.25, -0.2) is 4.68 Å². The predicted octanol–water partition coefficient (Wildman–Crippen LogP) is 3.41. The summed E-state index contributed by atoms with van der Waals surface area (Å²) in [5.41, 5.74) is 2.35. The van der Waals surface area contributed by atoms with Crippen molar-refractivity contribution in [1.82, 2.24) is 14.7 Å². The van der Waals surface area contributed by atoms with Gasteiger partial charge >= 0.3 is 5.97 Å². The fourth-order valence-corrected chi connectivity index (χ4v) is 4.70. The third kappa shape index (κ3) is 3.95. The molecule has 33 heavy (non-hydrogen) atoms. The Kier molecular flexibility index (Phi) is 6.14. The number of para-hydroxylation sites is 1. The van der Waals surface area contributed by atoms with Crippen molar-refractivity contribution in [2.45, 2.75) is 32.1 Å². The minimum atomic E-state index is -0.820. The number of carbonyl (C=O) groups is 3. The van der Waals surface area contributed by atoms with Crippen LogP contribution in [0.2, 0.25) is 0 Å². The molecule has 0 N–H and O–H groups in total. The molecule has 0 unspecified atom stereocenters. The number of likely N-dealkylation sites (tertiary alicyclic amines) is 1. The lowest BCUT2D eigenvalue weighted by Gasteiger charge is -2.39. The van der Waals surface area contributed by atoms with E-state index in [2.05, 4.69) is 5.10 Å². The molecule has 170 valence electrons. The van der Waals surface area contributed by atoms with E-state index in [9.17, 15) is 14.4 Å². The third-order valence-electron chi connectivity index (χ3n) is 6.52. The molecule has 1 aliphatic heterocycles. The Morgan fingerprint density at radius 1 is 0.909 bits per heavy atom. The van der Waals surface area contributed by atoms with E-state index in [4.69, 9.17) is 4.74 Å². The number of rotatable bonds is 5. The largest absolute Gasteiger partial charge is 0.468 e. The fraction of sp³-hybridized carbons (Fsp3) is 0.308.